The highest BCUT2D eigenvalue weighted by Crippen LogP contribution is 2.19. The lowest BCUT2D eigenvalue weighted by Gasteiger charge is -2.29. The van der Waals surface area contributed by atoms with Crippen molar-refractivity contribution in [3.63, 3.8) is 0 Å². The van der Waals surface area contributed by atoms with Gasteiger partial charge in [-0.15, -0.1) is 24.0 Å². The molecule has 2 N–H and O–H groups in total. The van der Waals surface area contributed by atoms with Crippen LogP contribution >= 0.6 is 24.0 Å². The molecule has 2 rings (SSSR count). The number of aromatic nitrogens is 1. The van der Waals surface area contributed by atoms with E-state index in [1.165, 1.54) is 25.7 Å². The van der Waals surface area contributed by atoms with E-state index in [4.69, 9.17) is 9.73 Å². The van der Waals surface area contributed by atoms with E-state index in [0.29, 0.717) is 12.6 Å². The zero-order chi connectivity index (χ0) is 18.6. The number of morpholine rings is 1. The van der Waals surface area contributed by atoms with Gasteiger partial charge in [-0.05, 0) is 26.3 Å². The first-order valence-corrected chi connectivity index (χ1v) is 10.1. The smallest absolute Gasteiger partial charge is 0.191 e. The fourth-order valence-corrected chi connectivity index (χ4v) is 3.10. The zero-order valence-corrected chi connectivity index (χ0v) is 19.4. The summed E-state index contributed by atoms with van der Waals surface area (Å²) in [4.78, 5) is 11.7. The van der Waals surface area contributed by atoms with Crippen LogP contribution in [0.25, 0.3) is 0 Å². The number of nitrogens with zero attached hydrogens (tertiary/aromatic N) is 3. The number of nitrogens with one attached hydrogen (secondary N) is 2. The van der Waals surface area contributed by atoms with Gasteiger partial charge in [0.2, 0.25) is 0 Å². The van der Waals surface area contributed by atoms with Crippen molar-refractivity contribution < 1.29 is 4.74 Å². The molecule has 7 heteroatoms. The molecular formula is C20H36IN5O. The topological polar surface area (TPSA) is 61.8 Å². The summed E-state index contributed by atoms with van der Waals surface area (Å²) in [5, 5.41) is 6.89. The molecule has 0 aliphatic carbocycles. The number of halogens is 1. The van der Waals surface area contributed by atoms with Crippen molar-refractivity contribution in [3.05, 3.63) is 23.9 Å². The highest BCUT2D eigenvalue weighted by molar-refractivity contribution is 14.0. The maximum absolute atomic E-state index is 5.46. The SMILES string of the molecule is CCCCCC(C)NC(=NCc1cccnc1N1CCOCC1)NCC.I. The minimum Gasteiger partial charge on any atom is -0.378 e. The maximum atomic E-state index is 5.46. The Hall–Kier alpha value is -1.09. The van der Waals surface area contributed by atoms with Crippen molar-refractivity contribution in [2.24, 2.45) is 4.99 Å². The van der Waals surface area contributed by atoms with Gasteiger partial charge in [0, 0.05) is 37.4 Å². The second-order valence-corrected chi connectivity index (χ2v) is 6.82. The summed E-state index contributed by atoms with van der Waals surface area (Å²) < 4.78 is 5.46. The molecule has 0 bridgehead atoms. The van der Waals surface area contributed by atoms with Gasteiger partial charge in [-0.25, -0.2) is 9.98 Å². The van der Waals surface area contributed by atoms with E-state index in [9.17, 15) is 0 Å². The largest absolute Gasteiger partial charge is 0.378 e. The Morgan fingerprint density at radius 1 is 1.30 bits per heavy atom. The lowest BCUT2D eigenvalue weighted by molar-refractivity contribution is 0.122. The van der Waals surface area contributed by atoms with Gasteiger partial charge in [-0.3, -0.25) is 0 Å². The highest BCUT2D eigenvalue weighted by atomic mass is 127. The van der Waals surface area contributed by atoms with Crippen LogP contribution in [0.4, 0.5) is 5.82 Å². The molecule has 2 heterocycles. The molecule has 1 aromatic rings. The Kier molecular flexibility index (Phi) is 12.4. The lowest BCUT2D eigenvalue weighted by Crippen LogP contribution is -2.42. The molecule has 27 heavy (non-hydrogen) atoms. The molecule has 1 aliphatic heterocycles. The van der Waals surface area contributed by atoms with E-state index < -0.39 is 0 Å². The minimum atomic E-state index is 0. The normalized spacial score (nSPS) is 15.8. The zero-order valence-electron chi connectivity index (χ0n) is 17.0. The quantitative estimate of drug-likeness (QED) is 0.241. The predicted octanol–water partition coefficient (Wildman–Crippen LogP) is 3.56. The molecule has 0 amide bonds. The van der Waals surface area contributed by atoms with E-state index in [2.05, 4.69) is 47.4 Å². The lowest BCUT2D eigenvalue weighted by atomic mass is 10.1. The highest BCUT2D eigenvalue weighted by Gasteiger charge is 2.15. The summed E-state index contributed by atoms with van der Waals surface area (Å²) in [6.45, 7) is 11.4. The number of ether oxygens (including phenoxy) is 1. The van der Waals surface area contributed by atoms with Crippen LogP contribution in [-0.2, 0) is 11.3 Å². The monoisotopic (exact) mass is 489 g/mol. The summed E-state index contributed by atoms with van der Waals surface area (Å²) in [7, 11) is 0. The molecule has 0 saturated carbocycles. The first kappa shape index (κ1) is 23.9. The van der Waals surface area contributed by atoms with Crippen molar-refractivity contribution in [1.82, 2.24) is 15.6 Å². The molecule has 0 radical (unpaired) electrons. The number of rotatable bonds is 9. The third kappa shape index (κ3) is 8.64. The van der Waals surface area contributed by atoms with E-state index in [1.54, 1.807) is 0 Å². The molecular weight excluding hydrogens is 453 g/mol. The van der Waals surface area contributed by atoms with Crippen LogP contribution in [-0.4, -0.2) is 49.8 Å². The average Bonchev–Trinajstić information content (AvgIpc) is 2.67. The van der Waals surface area contributed by atoms with Gasteiger partial charge in [0.15, 0.2) is 5.96 Å². The fraction of sp³-hybridized carbons (Fsp3) is 0.700. The van der Waals surface area contributed by atoms with Crippen LogP contribution in [0.5, 0.6) is 0 Å². The van der Waals surface area contributed by atoms with Crippen molar-refractivity contribution in [2.75, 3.05) is 37.7 Å². The molecule has 0 aromatic carbocycles. The Balaban J connectivity index is 0.00000364. The van der Waals surface area contributed by atoms with Crippen LogP contribution in [0.3, 0.4) is 0 Å². The second-order valence-electron chi connectivity index (χ2n) is 6.82. The predicted molar refractivity (Wildman–Crippen MR) is 124 cm³/mol. The Labute approximate surface area is 181 Å². The standard InChI is InChI=1S/C20H35N5O.HI/c1-4-6-7-9-17(3)24-20(21-5-2)23-16-18-10-8-11-22-19(18)25-12-14-26-15-13-25;/h8,10-11,17H,4-7,9,12-16H2,1-3H3,(H2,21,23,24);1H. The number of hydrogen-bond acceptors (Lipinski definition) is 4. The van der Waals surface area contributed by atoms with Crippen LogP contribution in [0.15, 0.2) is 23.3 Å². The third-order valence-electron chi connectivity index (χ3n) is 4.55. The van der Waals surface area contributed by atoms with Crippen LogP contribution in [0, 0.1) is 0 Å². The second kappa shape index (κ2) is 14.0. The van der Waals surface area contributed by atoms with Gasteiger partial charge in [-0.2, -0.15) is 0 Å². The Morgan fingerprint density at radius 3 is 2.78 bits per heavy atom. The first-order valence-electron chi connectivity index (χ1n) is 10.1. The molecule has 1 fully saturated rings. The van der Waals surface area contributed by atoms with Gasteiger partial charge in [0.1, 0.15) is 5.82 Å². The summed E-state index contributed by atoms with van der Waals surface area (Å²) >= 11 is 0. The van der Waals surface area contributed by atoms with E-state index >= 15 is 0 Å². The van der Waals surface area contributed by atoms with Crippen molar-refractivity contribution in [1.29, 1.82) is 0 Å². The molecule has 6 nitrogen and oxygen atoms in total. The fourth-order valence-electron chi connectivity index (χ4n) is 3.10. The number of hydrogen-bond donors (Lipinski definition) is 2. The van der Waals surface area contributed by atoms with Crippen LogP contribution in [0.1, 0.15) is 52.0 Å². The van der Waals surface area contributed by atoms with Crippen molar-refractivity contribution >= 4 is 35.8 Å². The molecule has 1 atom stereocenters. The van der Waals surface area contributed by atoms with Crippen molar-refractivity contribution in [2.45, 2.75) is 59.0 Å². The number of aliphatic imine (C=N–C) groups is 1. The maximum Gasteiger partial charge on any atom is 0.191 e. The Bertz CT molecular complexity index is 549. The van der Waals surface area contributed by atoms with E-state index in [1.807, 2.05) is 12.3 Å². The molecule has 1 saturated heterocycles. The Morgan fingerprint density at radius 2 is 2.07 bits per heavy atom. The summed E-state index contributed by atoms with van der Waals surface area (Å²) in [6.07, 6.45) is 6.83. The van der Waals surface area contributed by atoms with E-state index in [0.717, 1.165) is 50.2 Å². The van der Waals surface area contributed by atoms with Gasteiger partial charge >= 0.3 is 0 Å². The molecule has 1 aliphatic rings. The number of guanidine groups is 1. The van der Waals surface area contributed by atoms with Gasteiger partial charge < -0.3 is 20.3 Å². The van der Waals surface area contributed by atoms with Crippen LogP contribution in [0.2, 0.25) is 0 Å². The molecule has 0 spiro atoms. The van der Waals surface area contributed by atoms with Gasteiger partial charge in [0.05, 0.1) is 19.8 Å². The summed E-state index contributed by atoms with van der Waals surface area (Å²) in [5.41, 5.74) is 1.16. The van der Waals surface area contributed by atoms with Crippen LogP contribution < -0.4 is 15.5 Å². The first-order chi connectivity index (χ1) is 12.7. The molecule has 1 unspecified atom stereocenters. The number of unbranched alkanes of at least 4 members (excludes halogenated alkanes) is 2. The summed E-state index contributed by atoms with van der Waals surface area (Å²) in [6, 6.07) is 4.53. The average molecular weight is 489 g/mol. The molecule has 154 valence electrons. The third-order valence-corrected chi connectivity index (χ3v) is 4.55. The summed E-state index contributed by atoms with van der Waals surface area (Å²) in [5.74, 6) is 1.92. The van der Waals surface area contributed by atoms with Crippen molar-refractivity contribution in [3.8, 4) is 0 Å². The molecule has 1 aromatic heterocycles. The number of anilines is 1. The van der Waals surface area contributed by atoms with Gasteiger partial charge in [0.25, 0.3) is 0 Å². The van der Waals surface area contributed by atoms with Gasteiger partial charge in [-0.1, -0.05) is 32.3 Å². The van der Waals surface area contributed by atoms with E-state index in [-0.39, 0.29) is 24.0 Å². The minimum absolute atomic E-state index is 0. The number of pyridine rings is 1.